The highest BCUT2D eigenvalue weighted by molar-refractivity contribution is 6.31. The van der Waals surface area contributed by atoms with E-state index in [2.05, 4.69) is 38.1 Å². The number of hydrogen-bond acceptors (Lipinski definition) is 5. The van der Waals surface area contributed by atoms with Gasteiger partial charge in [0.1, 0.15) is 0 Å². The lowest BCUT2D eigenvalue weighted by Gasteiger charge is -2.25. The average Bonchev–Trinajstić information content (AvgIpc) is 3.45. The molecule has 1 heterocycles. The molecule has 0 unspecified atom stereocenters. The predicted molar refractivity (Wildman–Crippen MR) is 143 cm³/mol. The van der Waals surface area contributed by atoms with Crippen LogP contribution in [-0.2, 0) is 6.54 Å². The van der Waals surface area contributed by atoms with Crippen molar-refractivity contribution in [2.45, 2.75) is 44.6 Å². The van der Waals surface area contributed by atoms with Crippen LogP contribution in [0.2, 0.25) is 5.02 Å². The van der Waals surface area contributed by atoms with Crippen molar-refractivity contribution in [1.29, 1.82) is 0 Å². The van der Waals surface area contributed by atoms with Gasteiger partial charge < -0.3 is 4.90 Å². The van der Waals surface area contributed by atoms with Gasteiger partial charge in [0.2, 0.25) is 0 Å². The van der Waals surface area contributed by atoms with E-state index < -0.39 is 0 Å². The Morgan fingerprint density at radius 1 is 0.946 bits per heavy atom. The Balaban J connectivity index is 1.38. The van der Waals surface area contributed by atoms with E-state index in [-0.39, 0.29) is 17.8 Å². The number of benzene rings is 3. The molecule has 1 aromatic heterocycles. The Hall–Kier alpha value is -4.04. The maximum absolute atomic E-state index is 13.6. The molecular formula is C28H27ClN6O2. The highest BCUT2D eigenvalue weighted by atomic mass is 35.5. The van der Waals surface area contributed by atoms with Gasteiger partial charge >= 0.3 is 0 Å². The molecule has 3 aromatic carbocycles. The number of aromatic amines is 1. The molecule has 1 saturated carbocycles. The number of anilines is 2. The second-order valence-corrected chi connectivity index (χ2v) is 9.65. The van der Waals surface area contributed by atoms with Gasteiger partial charge in [-0.1, -0.05) is 66.3 Å². The number of nitrogens with one attached hydrogen (secondary N) is 2. The van der Waals surface area contributed by atoms with Gasteiger partial charge in [0.15, 0.2) is 0 Å². The monoisotopic (exact) mass is 514 g/mol. The number of rotatable bonds is 7. The summed E-state index contributed by atoms with van der Waals surface area (Å²) in [6, 6.07) is 22.4. The van der Waals surface area contributed by atoms with Crippen molar-refractivity contribution in [3.63, 3.8) is 0 Å². The number of tetrazole rings is 1. The van der Waals surface area contributed by atoms with Crippen LogP contribution in [0.5, 0.6) is 0 Å². The van der Waals surface area contributed by atoms with Gasteiger partial charge in [0, 0.05) is 21.8 Å². The normalized spacial score (nSPS) is 13.8. The summed E-state index contributed by atoms with van der Waals surface area (Å²) in [4.78, 5) is 27.8. The fourth-order valence-electron chi connectivity index (χ4n) is 4.75. The third-order valence-electron chi connectivity index (χ3n) is 6.73. The van der Waals surface area contributed by atoms with Crippen LogP contribution in [0.3, 0.4) is 0 Å². The molecule has 0 radical (unpaired) electrons. The number of carbonyl (C=O) groups excluding carboxylic acids is 2. The molecule has 2 N–H and O–H groups in total. The third-order valence-corrected chi connectivity index (χ3v) is 6.96. The number of hydrogen-bond donors (Lipinski definition) is 2. The highest BCUT2D eigenvalue weighted by Crippen LogP contribution is 2.34. The molecule has 0 aliphatic heterocycles. The molecule has 0 atom stereocenters. The lowest BCUT2D eigenvalue weighted by molar-refractivity contribution is 0.0983. The van der Waals surface area contributed by atoms with E-state index in [1.54, 1.807) is 41.3 Å². The van der Waals surface area contributed by atoms with Gasteiger partial charge in [-0.2, -0.15) is 5.21 Å². The lowest BCUT2D eigenvalue weighted by atomic mass is 9.84. The summed E-state index contributed by atoms with van der Waals surface area (Å²) in [6.07, 6.45) is 6.30. The fraction of sp³-hybridized carbons (Fsp3) is 0.250. The molecule has 1 aliphatic rings. The summed E-state index contributed by atoms with van der Waals surface area (Å²) < 4.78 is 0. The third kappa shape index (κ3) is 6.03. The van der Waals surface area contributed by atoms with Crippen molar-refractivity contribution < 1.29 is 9.59 Å². The highest BCUT2D eigenvalue weighted by Gasteiger charge is 2.21. The predicted octanol–water partition coefficient (Wildman–Crippen LogP) is 6.00. The van der Waals surface area contributed by atoms with E-state index >= 15 is 0 Å². The minimum absolute atomic E-state index is 0.101. The topological polar surface area (TPSA) is 104 Å². The Morgan fingerprint density at radius 2 is 1.70 bits per heavy atom. The van der Waals surface area contributed by atoms with Gasteiger partial charge in [-0.3, -0.25) is 14.9 Å². The largest absolute Gasteiger partial charge is 0.304 e. The molecular weight excluding hydrogens is 488 g/mol. The maximum atomic E-state index is 13.6. The van der Waals surface area contributed by atoms with E-state index in [4.69, 9.17) is 11.6 Å². The van der Waals surface area contributed by atoms with Gasteiger partial charge in [0.05, 0.1) is 6.54 Å². The van der Waals surface area contributed by atoms with Crippen molar-refractivity contribution in [3.8, 4) is 0 Å². The molecule has 0 saturated heterocycles. The Morgan fingerprint density at radius 3 is 2.38 bits per heavy atom. The number of H-pyrrole nitrogens is 1. The zero-order valence-corrected chi connectivity index (χ0v) is 21.0. The molecule has 2 amide bonds. The van der Waals surface area contributed by atoms with Crippen molar-refractivity contribution >= 4 is 35.1 Å². The first kappa shape index (κ1) is 24.6. The summed E-state index contributed by atoms with van der Waals surface area (Å²) in [5.41, 5.74) is 3.97. The number of carbonyl (C=O) groups is 2. The van der Waals surface area contributed by atoms with Gasteiger partial charge in [-0.05, 0) is 77.6 Å². The van der Waals surface area contributed by atoms with Gasteiger partial charge in [0.25, 0.3) is 17.8 Å². The first-order valence-electron chi connectivity index (χ1n) is 12.4. The standard InChI is InChI=1S/C28H27ClN6O2/c29-24-8-4-7-23(17-24)27(37)35(25-15-13-21(14-16-25)20-5-2-1-3-6-20)18-19-9-11-22(12-10-19)26(36)30-28-31-33-34-32-28/h4,7-17,20H,1-3,5-6,18H2,(H2,30,31,32,33,34,36). The fourth-order valence-corrected chi connectivity index (χ4v) is 4.94. The molecule has 0 spiro atoms. The minimum Gasteiger partial charge on any atom is -0.304 e. The molecule has 9 heteroatoms. The SMILES string of the molecule is O=C(Nc1nn[nH]n1)c1ccc(CN(C(=O)c2cccc(Cl)c2)c2ccc(C3CCCCC3)cc2)cc1. The van der Waals surface area contributed by atoms with E-state index in [0.29, 0.717) is 28.6 Å². The number of aromatic nitrogens is 4. The van der Waals surface area contributed by atoms with Crippen LogP contribution in [0, 0.1) is 0 Å². The van der Waals surface area contributed by atoms with Crippen molar-refractivity contribution in [2.75, 3.05) is 10.2 Å². The smallest absolute Gasteiger partial charge is 0.270 e. The Kier molecular flexibility index (Phi) is 7.56. The number of amides is 2. The molecule has 0 bridgehead atoms. The molecule has 188 valence electrons. The summed E-state index contributed by atoms with van der Waals surface area (Å²) in [6.45, 7) is 0.334. The summed E-state index contributed by atoms with van der Waals surface area (Å²) in [5, 5.41) is 16.3. The van der Waals surface area contributed by atoms with E-state index in [1.165, 1.54) is 37.7 Å². The second kappa shape index (κ2) is 11.3. The van der Waals surface area contributed by atoms with Crippen LogP contribution in [0.25, 0.3) is 0 Å². The molecule has 1 fully saturated rings. The van der Waals surface area contributed by atoms with Crippen LogP contribution < -0.4 is 10.2 Å². The second-order valence-electron chi connectivity index (χ2n) is 9.21. The summed E-state index contributed by atoms with van der Waals surface area (Å²) >= 11 is 6.18. The average molecular weight is 515 g/mol. The van der Waals surface area contributed by atoms with E-state index in [1.807, 2.05) is 24.3 Å². The van der Waals surface area contributed by atoms with Crippen molar-refractivity contribution in [2.24, 2.45) is 0 Å². The van der Waals surface area contributed by atoms with E-state index in [9.17, 15) is 9.59 Å². The van der Waals surface area contributed by atoms with Crippen LogP contribution in [-0.4, -0.2) is 32.4 Å². The molecule has 4 aromatic rings. The zero-order valence-electron chi connectivity index (χ0n) is 20.2. The minimum atomic E-state index is -0.349. The Labute approximate surface area is 220 Å². The van der Waals surface area contributed by atoms with Crippen molar-refractivity contribution in [3.05, 3.63) is 100 Å². The first-order valence-corrected chi connectivity index (χ1v) is 12.8. The molecule has 37 heavy (non-hydrogen) atoms. The summed E-state index contributed by atoms with van der Waals surface area (Å²) in [7, 11) is 0. The zero-order chi connectivity index (χ0) is 25.6. The van der Waals surface area contributed by atoms with Crippen molar-refractivity contribution in [1.82, 2.24) is 20.6 Å². The number of halogens is 1. The first-order chi connectivity index (χ1) is 18.1. The quantitative estimate of drug-likeness (QED) is 0.315. The van der Waals surface area contributed by atoms with Gasteiger partial charge in [-0.25, -0.2) is 0 Å². The molecule has 8 nitrogen and oxygen atoms in total. The number of nitrogens with zero attached hydrogens (tertiary/aromatic N) is 4. The van der Waals surface area contributed by atoms with E-state index in [0.717, 1.165) is 11.3 Å². The lowest BCUT2D eigenvalue weighted by Crippen LogP contribution is -2.30. The van der Waals surface area contributed by atoms with Crippen LogP contribution in [0.15, 0.2) is 72.8 Å². The molecule has 1 aliphatic carbocycles. The maximum Gasteiger partial charge on any atom is 0.270 e. The molecule has 5 rings (SSSR count). The van der Waals surface area contributed by atoms with Crippen LogP contribution >= 0.6 is 11.6 Å². The van der Waals surface area contributed by atoms with Gasteiger partial charge in [-0.15, -0.1) is 5.10 Å². The summed E-state index contributed by atoms with van der Waals surface area (Å²) in [5.74, 6) is 0.194. The van der Waals surface area contributed by atoms with Crippen LogP contribution in [0.1, 0.15) is 69.9 Å². The Bertz CT molecular complexity index is 1350. The van der Waals surface area contributed by atoms with Crippen LogP contribution in [0.4, 0.5) is 11.6 Å².